The molecule has 2 aromatic heterocycles. The molecule has 3 heterocycles. The second-order valence-corrected chi connectivity index (χ2v) is 5.33. The fourth-order valence-electron chi connectivity index (χ4n) is 2.77. The van der Waals surface area contributed by atoms with Crippen molar-refractivity contribution in [1.29, 1.82) is 0 Å². The number of carbonyl (C=O) groups excluding carboxylic acids is 1. The van der Waals surface area contributed by atoms with Crippen molar-refractivity contribution >= 4 is 17.7 Å². The van der Waals surface area contributed by atoms with Crippen LogP contribution >= 0.6 is 0 Å². The summed E-state index contributed by atoms with van der Waals surface area (Å²) in [6.45, 7) is 1.95. The Hall–Kier alpha value is -2.61. The van der Waals surface area contributed by atoms with E-state index in [0.717, 1.165) is 18.5 Å². The summed E-state index contributed by atoms with van der Waals surface area (Å²) in [7, 11) is 0. The van der Waals surface area contributed by atoms with E-state index in [-0.39, 0.29) is 11.9 Å². The van der Waals surface area contributed by atoms with Crippen LogP contribution in [0.3, 0.4) is 0 Å². The van der Waals surface area contributed by atoms with Crippen molar-refractivity contribution in [2.45, 2.75) is 25.8 Å². The van der Waals surface area contributed by atoms with Gasteiger partial charge in [0.1, 0.15) is 18.2 Å². The van der Waals surface area contributed by atoms with Gasteiger partial charge in [-0.2, -0.15) is 0 Å². The van der Waals surface area contributed by atoms with E-state index >= 15 is 0 Å². The van der Waals surface area contributed by atoms with Crippen LogP contribution in [-0.4, -0.2) is 49.0 Å². The Bertz CT molecular complexity index is 694. The average Bonchev–Trinajstić information content (AvgIpc) is 3.04. The van der Waals surface area contributed by atoms with E-state index in [1.807, 2.05) is 0 Å². The number of rotatable bonds is 4. The average molecular weight is 314 g/mol. The number of hydrogen-bond donors (Lipinski definition) is 2. The lowest BCUT2D eigenvalue weighted by Crippen LogP contribution is -2.33. The maximum Gasteiger partial charge on any atom is 0.248 e. The van der Waals surface area contributed by atoms with Crippen molar-refractivity contribution in [2.75, 3.05) is 18.5 Å². The number of aliphatic hydroxyl groups is 1. The van der Waals surface area contributed by atoms with E-state index in [9.17, 15) is 4.79 Å². The minimum atomic E-state index is -0.483. The van der Waals surface area contributed by atoms with Gasteiger partial charge in [-0.3, -0.25) is 4.79 Å². The van der Waals surface area contributed by atoms with Gasteiger partial charge in [-0.1, -0.05) is 0 Å². The number of anilines is 2. The van der Waals surface area contributed by atoms with E-state index in [1.165, 1.54) is 0 Å². The number of aryl methyl sites for hydroxylation is 1. The van der Waals surface area contributed by atoms with Crippen molar-refractivity contribution in [1.82, 2.24) is 24.8 Å². The number of aromatic nitrogens is 4. The zero-order valence-corrected chi connectivity index (χ0v) is 12.8. The minimum Gasteiger partial charge on any atom is -0.387 e. The SMILES string of the molecule is Cc1nc(Nc2ncccn2)cc(C2CCCN2C(=O)CO)n1. The van der Waals surface area contributed by atoms with Crippen LogP contribution in [0.4, 0.5) is 11.8 Å². The Morgan fingerprint density at radius 3 is 2.91 bits per heavy atom. The van der Waals surface area contributed by atoms with Crippen LogP contribution in [0.25, 0.3) is 0 Å². The molecule has 1 unspecified atom stereocenters. The van der Waals surface area contributed by atoms with E-state index in [4.69, 9.17) is 5.11 Å². The Kier molecular flexibility index (Phi) is 4.42. The van der Waals surface area contributed by atoms with Crippen LogP contribution in [0.1, 0.15) is 30.4 Å². The van der Waals surface area contributed by atoms with Crippen molar-refractivity contribution in [2.24, 2.45) is 0 Å². The predicted molar refractivity (Wildman–Crippen MR) is 82.9 cm³/mol. The molecule has 120 valence electrons. The molecule has 1 aliphatic heterocycles. The summed E-state index contributed by atoms with van der Waals surface area (Å²) < 4.78 is 0. The molecule has 2 aromatic rings. The molecule has 0 spiro atoms. The Labute approximate surface area is 133 Å². The van der Waals surface area contributed by atoms with Crippen molar-refractivity contribution < 1.29 is 9.90 Å². The first kappa shape index (κ1) is 15.3. The summed E-state index contributed by atoms with van der Waals surface area (Å²) in [4.78, 5) is 30.5. The normalized spacial score (nSPS) is 17.3. The van der Waals surface area contributed by atoms with E-state index in [0.29, 0.717) is 24.1 Å². The van der Waals surface area contributed by atoms with Gasteiger partial charge in [-0.15, -0.1) is 0 Å². The van der Waals surface area contributed by atoms with Gasteiger partial charge in [0.2, 0.25) is 11.9 Å². The molecule has 1 saturated heterocycles. The molecule has 23 heavy (non-hydrogen) atoms. The van der Waals surface area contributed by atoms with Gasteiger partial charge in [0.25, 0.3) is 0 Å². The number of hydrogen-bond acceptors (Lipinski definition) is 7. The summed E-state index contributed by atoms with van der Waals surface area (Å²) in [6.07, 6.45) is 5.00. The van der Waals surface area contributed by atoms with Crippen LogP contribution < -0.4 is 5.32 Å². The molecule has 0 aromatic carbocycles. The Morgan fingerprint density at radius 1 is 1.39 bits per heavy atom. The minimum absolute atomic E-state index is 0.131. The number of likely N-dealkylation sites (tertiary alicyclic amines) is 1. The third-order valence-electron chi connectivity index (χ3n) is 3.71. The van der Waals surface area contributed by atoms with Crippen molar-refractivity contribution in [3.05, 3.63) is 36.0 Å². The molecule has 3 rings (SSSR count). The highest BCUT2D eigenvalue weighted by Crippen LogP contribution is 2.31. The standard InChI is InChI=1S/C15H18N6O2/c1-10-18-11(12-4-2-7-21(12)14(23)9-22)8-13(19-10)20-15-16-5-3-6-17-15/h3,5-6,8,12,22H,2,4,7,9H2,1H3,(H,16,17,18,19,20). The first-order valence-corrected chi connectivity index (χ1v) is 7.47. The summed E-state index contributed by atoms with van der Waals surface area (Å²) in [6, 6.07) is 3.41. The van der Waals surface area contributed by atoms with Gasteiger partial charge in [-0.05, 0) is 25.8 Å². The van der Waals surface area contributed by atoms with Crippen LogP contribution in [0.2, 0.25) is 0 Å². The first-order valence-electron chi connectivity index (χ1n) is 7.47. The fraction of sp³-hybridized carbons (Fsp3) is 0.400. The highest BCUT2D eigenvalue weighted by atomic mass is 16.3. The van der Waals surface area contributed by atoms with Gasteiger partial charge in [0, 0.05) is 25.0 Å². The highest BCUT2D eigenvalue weighted by Gasteiger charge is 2.30. The summed E-state index contributed by atoms with van der Waals surface area (Å²) in [5.74, 6) is 1.36. The number of carbonyl (C=O) groups is 1. The monoisotopic (exact) mass is 314 g/mol. The molecule has 0 bridgehead atoms. The van der Waals surface area contributed by atoms with Gasteiger partial charge in [0.05, 0.1) is 11.7 Å². The van der Waals surface area contributed by atoms with Gasteiger partial charge < -0.3 is 15.3 Å². The quantitative estimate of drug-likeness (QED) is 0.866. The molecular formula is C15H18N6O2. The van der Waals surface area contributed by atoms with Crippen LogP contribution in [0.15, 0.2) is 24.5 Å². The first-order chi connectivity index (χ1) is 11.2. The Balaban J connectivity index is 1.87. The van der Waals surface area contributed by atoms with E-state index in [1.54, 1.807) is 36.4 Å². The van der Waals surface area contributed by atoms with Gasteiger partial charge in [-0.25, -0.2) is 19.9 Å². The molecule has 1 fully saturated rings. The molecule has 2 N–H and O–H groups in total. The second-order valence-electron chi connectivity index (χ2n) is 5.33. The smallest absolute Gasteiger partial charge is 0.248 e. The van der Waals surface area contributed by atoms with Gasteiger partial charge in [0.15, 0.2) is 0 Å². The summed E-state index contributed by atoms with van der Waals surface area (Å²) in [5.41, 5.74) is 0.759. The molecule has 0 aliphatic carbocycles. The molecule has 0 saturated carbocycles. The lowest BCUT2D eigenvalue weighted by molar-refractivity contribution is -0.135. The highest BCUT2D eigenvalue weighted by molar-refractivity contribution is 5.78. The van der Waals surface area contributed by atoms with Crippen molar-refractivity contribution in [3.8, 4) is 0 Å². The molecular weight excluding hydrogens is 296 g/mol. The number of aliphatic hydroxyl groups excluding tert-OH is 1. The van der Waals surface area contributed by atoms with Crippen molar-refractivity contribution in [3.63, 3.8) is 0 Å². The third kappa shape index (κ3) is 3.42. The largest absolute Gasteiger partial charge is 0.387 e. The number of amides is 1. The lowest BCUT2D eigenvalue weighted by atomic mass is 10.1. The van der Waals surface area contributed by atoms with E-state index in [2.05, 4.69) is 25.3 Å². The summed E-state index contributed by atoms with van der Waals surface area (Å²) >= 11 is 0. The molecule has 1 atom stereocenters. The van der Waals surface area contributed by atoms with E-state index < -0.39 is 6.61 Å². The molecule has 8 heteroatoms. The molecule has 0 radical (unpaired) electrons. The van der Waals surface area contributed by atoms with Crippen LogP contribution in [0.5, 0.6) is 0 Å². The lowest BCUT2D eigenvalue weighted by Gasteiger charge is -2.24. The zero-order valence-electron chi connectivity index (χ0n) is 12.8. The zero-order chi connectivity index (χ0) is 16.2. The van der Waals surface area contributed by atoms with Crippen LogP contribution in [0, 0.1) is 6.92 Å². The number of nitrogens with zero attached hydrogens (tertiary/aromatic N) is 5. The molecule has 1 amide bonds. The maximum absolute atomic E-state index is 11.9. The second kappa shape index (κ2) is 6.66. The summed E-state index contributed by atoms with van der Waals surface area (Å²) in [5, 5.41) is 12.2. The van der Waals surface area contributed by atoms with Gasteiger partial charge >= 0.3 is 0 Å². The number of nitrogens with one attached hydrogen (secondary N) is 1. The Morgan fingerprint density at radius 2 is 2.17 bits per heavy atom. The molecule has 1 aliphatic rings. The fourth-order valence-corrected chi connectivity index (χ4v) is 2.77. The third-order valence-corrected chi connectivity index (χ3v) is 3.71. The predicted octanol–water partition coefficient (Wildman–Crippen LogP) is 0.974. The topological polar surface area (TPSA) is 104 Å². The van der Waals surface area contributed by atoms with Crippen LogP contribution in [-0.2, 0) is 4.79 Å². The molecule has 8 nitrogen and oxygen atoms in total. The maximum atomic E-state index is 11.9.